The van der Waals surface area contributed by atoms with Crippen molar-refractivity contribution >= 4 is 11.6 Å². The second kappa shape index (κ2) is 6.06. The standard InChI is InChI=1S/C18H15ClN2/c1-2-16-17(20-12-21-18(16)19)15-10-8-14(9-11-15)13-6-4-3-5-7-13/h3-12H,2H2,1H3. The Morgan fingerprint density at radius 3 is 2.10 bits per heavy atom. The molecule has 0 amide bonds. The van der Waals surface area contributed by atoms with E-state index in [9.17, 15) is 0 Å². The minimum Gasteiger partial charge on any atom is -0.236 e. The average Bonchev–Trinajstić information content (AvgIpc) is 2.55. The van der Waals surface area contributed by atoms with E-state index in [2.05, 4.69) is 53.3 Å². The molecule has 3 aromatic rings. The summed E-state index contributed by atoms with van der Waals surface area (Å²) in [5.74, 6) is 0. The minimum atomic E-state index is 0.537. The number of hydrogen-bond acceptors (Lipinski definition) is 2. The molecule has 1 aromatic heterocycles. The zero-order valence-electron chi connectivity index (χ0n) is 11.8. The number of halogens is 1. The van der Waals surface area contributed by atoms with Gasteiger partial charge in [0.2, 0.25) is 0 Å². The van der Waals surface area contributed by atoms with E-state index in [1.54, 1.807) is 0 Å². The van der Waals surface area contributed by atoms with Crippen molar-refractivity contribution in [2.24, 2.45) is 0 Å². The van der Waals surface area contributed by atoms with Gasteiger partial charge in [0.1, 0.15) is 11.5 Å². The van der Waals surface area contributed by atoms with Crippen LogP contribution in [0.15, 0.2) is 60.9 Å². The lowest BCUT2D eigenvalue weighted by Gasteiger charge is -2.09. The van der Waals surface area contributed by atoms with E-state index < -0.39 is 0 Å². The van der Waals surface area contributed by atoms with Gasteiger partial charge in [0, 0.05) is 11.1 Å². The first kappa shape index (κ1) is 13.8. The lowest BCUT2D eigenvalue weighted by Crippen LogP contribution is -1.95. The number of benzene rings is 2. The summed E-state index contributed by atoms with van der Waals surface area (Å²) >= 11 is 6.16. The van der Waals surface area contributed by atoms with Gasteiger partial charge in [0.25, 0.3) is 0 Å². The van der Waals surface area contributed by atoms with Crippen molar-refractivity contribution in [2.75, 3.05) is 0 Å². The molecule has 3 heteroatoms. The van der Waals surface area contributed by atoms with Crippen LogP contribution >= 0.6 is 11.6 Å². The molecule has 0 saturated carbocycles. The Bertz CT molecular complexity index is 737. The largest absolute Gasteiger partial charge is 0.236 e. The minimum absolute atomic E-state index is 0.537. The molecule has 2 aromatic carbocycles. The smallest absolute Gasteiger partial charge is 0.136 e. The van der Waals surface area contributed by atoms with Crippen molar-refractivity contribution in [1.82, 2.24) is 9.97 Å². The molecule has 0 atom stereocenters. The fourth-order valence-corrected chi connectivity index (χ4v) is 2.67. The molecule has 0 fully saturated rings. The number of hydrogen-bond donors (Lipinski definition) is 0. The third-order valence-electron chi connectivity index (χ3n) is 3.51. The van der Waals surface area contributed by atoms with Crippen LogP contribution in [0.4, 0.5) is 0 Å². The summed E-state index contributed by atoms with van der Waals surface area (Å²) in [5.41, 5.74) is 5.37. The van der Waals surface area contributed by atoms with Crippen molar-refractivity contribution in [3.05, 3.63) is 71.6 Å². The Hall–Kier alpha value is -2.19. The van der Waals surface area contributed by atoms with E-state index in [0.717, 1.165) is 23.2 Å². The Morgan fingerprint density at radius 2 is 1.43 bits per heavy atom. The van der Waals surface area contributed by atoms with Gasteiger partial charge in [-0.3, -0.25) is 0 Å². The van der Waals surface area contributed by atoms with Crippen molar-refractivity contribution in [3.63, 3.8) is 0 Å². The van der Waals surface area contributed by atoms with Gasteiger partial charge in [-0.25, -0.2) is 9.97 Å². The van der Waals surface area contributed by atoms with Crippen LogP contribution in [0.3, 0.4) is 0 Å². The molecule has 0 radical (unpaired) electrons. The lowest BCUT2D eigenvalue weighted by molar-refractivity contribution is 1.05. The van der Waals surface area contributed by atoms with Gasteiger partial charge in [0.05, 0.1) is 5.69 Å². The van der Waals surface area contributed by atoms with E-state index in [1.807, 2.05) is 18.2 Å². The second-order valence-electron chi connectivity index (χ2n) is 4.79. The summed E-state index contributed by atoms with van der Waals surface area (Å²) in [4.78, 5) is 8.44. The molecule has 3 rings (SSSR count). The quantitative estimate of drug-likeness (QED) is 0.633. The van der Waals surface area contributed by atoms with Gasteiger partial charge in [0.15, 0.2) is 0 Å². The first-order chi connectivity index (χ1) is 10.3. The summed E-state index contributed by atoms with van der Waals surface area (Å²) in [6.45, 7) is 2.06. The van der Waals surface area contributed by atoms with Crippen LogP contribution in [-0.4, -0.2) is 9.97 Å². The van der Waals surface area contributed by atoms with Gasteiger partial charge in [-0.1, -0.05) is 73.1 Å². The van der Waals surface area contributed by atoms with E-state index in [1.165, 1.54) is 17.5 Å². The Labute approximate surface area is 129 Å². The molecule has 0 aliphatic rings. The molecule has 0 N–H and O–H groups in total. The molecule has 0 bridgehead atoms. The monoisotopic (exact) mass is 294 g/mol. The highest BCUT2D eigenvalue weighted by molar-refractivity contribution is 6.30. The fraction of sp³-hybridized carbons (Fsp3) is 0.111. The number of rotatable bonds is 3. The molecule has 0 aliphatic carbocycles. The predicted octanol–water partition coefficient (Wildman–Crippen LogP) is 5.03. The molecular formula is C18H15ClN2. The van der Waals surface area contributed by atoms with E-state index in [4.69, 9.17) is 11.6 Å². The normalized spacial score (nSPS) is 10.6. The van der Waals surface area contributed by atoms with Gasteiger partial charge in [-0.15, -0.1) is 0 Å². The maximum atomic E-state index is 6.16. The van der Waals surface area contributed by atoms with Crippen molar-refractivity contribution < 1.29 is 0 Å². The Morgan fingerprint density at radius 1 is 0.810 bits per heavy atom. The van der Waals surface area contributed by atoms with E-state index in [-0.39, 0.29) is 0 Å². The SMILES string of the molecule is CCc1c(Cl)ncnc1-c1ccc(-c2ccccc2)cc1. The first-order valence-electron chi connectivity index (χ1n) is 6.95. The second-order valence-corrected chi connectivity index (χ2v) is 5.15. The third kappa shape index (κ3) is 2.81. The van der Waals surface area contributed by atoms with Gasteiger partial charge in [-0.2, -0.15) is 0 Å². The maximum absolute atomic E-state index is 6.16. The van der Waals surface area contributed by atoms with Crippen LogP contribution in [0.5, 0.6) is 0 Å². The van der Waals surface area contributed by atoms with Crippen molar-refractivity contribution in [1.29, 1.82) is 0 Å². The summed E-state index contributed by atoms with van der Waals surface area (Å²) in [5, 5.41) is 0.537. The third-order valence-corrected chi connectivity index (χ3v) is 3.84. The summed E-state index contributed by atoms with van der Waals surface area (Å²) < 4.78 is 0. The van der Waals surface area contributed by atoms with Gasteiger partial charge in [-0.05, 0) is 17.5 Å². The van der Waals surface area contributed by atoms with Crippen LogP contribution in [-0.2, 0) is 6.42 Å². The van der Waals surface area contributed by atoms with Crippen LogP contribution in [0.25, 0.3) is 22.4 Å². The highest BCUT2D eigenvalue weighted by Gasteiger charge is 2.10. The summed E-state index contributed by atoms with van der Waals surface area (Å²) in [6, 6.07) is 18.7. The zero-order chi connectivity index (χ0) is 14.7. The lowest BCUT2D eigenvalue weighted by atomic mass is 10.0. The van der Waals surface area contributed by atoms with Gasteiger partial charge >= 0.3 is 0 Å². The highest BCUT2D eigenvalue weighted by atomic mass is 35.5. The topological polar surface area (TPSA) is 25.8 Å². The van der Waals surface area contributed by atoms with Crippen LogP contribution < -0.4 is 0 Å². The van der Waals surface area contributed by atoms with Crippen molar-refractivity contribution in [3.8, 4) is 22.4 Å². The fourth-order valence-electron chi connectivity index (χ4n) is 2.40. The summed E-state index contributed by atoms with van der Waals surface area (Å²) in [6.07, 6.45) is 2.33. The van der Waals surface area contributed by atoms with Crippen molar-refractivity contribution in [2.45, 2.75) is 13.3 Å². The highest BCUT2D eigenvalue weighted by Crippen LogP contribution is 2.28. The number of aromatic nitrogens is 2. The molecule has 104 valence electrons. The predicted molar refractivity (Wildman–Crippen MR) is 87.3 cm³/mol. The molecule has 0 saturated heterocycles. The Kier molecular flexibility index (Phi) is 3.98. The number of nitrogens with zero attached hydrogens (tertiary/aromatic N) is 2. The molecule has 0 spiro atoms. The van der Waals surface area contributed by atoms with Crippen LogP contribution in [0.1, 0.15) is 12.5 Å². The molecule has 0 unspecified atom stereocenters. The zero-order valence-corrected chi connectivity index (χ0v) is 12.5. The van der Waals surface area contributed by atoms with Crippen LogP contribution in [0.2, 0.25) is 5.15 Å². The maximum Gasteiger partial charge on any atom is 0.136 e. The molecule has 21 heavy (non-hydrogen) atoms. The molecule has 0 aliphatic heterocycles. The van der Waals surface area contributed by atoms with Crippen LogP contribution in [0, 0.1) is 0 Å². The molecular weight excluding hydrogens is 280 g/mol. The van der Waals surface area contributed by atoms with Gasteiger partial charge < -0.3 is 0 Å². The Balaban J connectivity index is 2.01. The van der Waals surface area contributed by atoms with E-state index >= 15 is 0 Å². The average molecular weight is 295 g/mol. The molecule has 2 nitrogen and oxygen atoms in total. The summed E-state index contributed by atoms with van der Waals surface area (Å²) in [7, 11) is 0. The van der Waals surface area contributed by atoms with E-state index in [0.29, 0.717) is 5.15 Å². The molecule has 1 heterocycles. The first-order valence-corrected chi connectivity index (χ1v) is 7.32.